The minimum atomic E-state index is -0.284. The Morgan fingerprint density at radius 1 is 0.903 bits per heavy atom. The van der Waals surface area contributed by atoms with E-state index in [-0.39, 0.29) is 23.6 Å². The van der Waals surface area contributed by atoms with Gasteiger partial charge in [0.2, 0.25) is 0 Å². The predicted octanol–water partition coefficient (Wildman–Crippen LogP) is 7.05. The molecule has 0 heterocycles. The molecule has 0 aliphatic rings. The SMILES string of the molecule is Cc1cc(Cl)ccc1NC(=O)NCCCCC(c1ccc(F)cc1)c1ccc(F)cc1. The second-order valence-electron chi connectivity index (χ2n) is 7.49. The third kappa shape index (κ3) is 6.79. The first-order chi connectivity index (χ1) is 14.9. The number of anilines is 1. The summed E-state index contributed by atoms with van der Waals surface area (Å²) in [5.41, 5.74) is 3.58. The van der Waals surface area contributed by atoms with E-state index >= 15 is 0 Å². The van der Waals surface area contributed by atoms with E-state index in [4.69, 9.17) is 11.6 Å². The molecule has 31 heavy (non-hydrogen) atoms. The molecule has 3 rings (SSSR count). The van der Waals surface area contributed by atoms with E-state index in [1.54, 1.807) is 42.5 Å². The highest BCUT2D eigenvalue weighted by atomic mass is 35.5. The van der Waals surface area contributed by atoms with Crippen molar-refractivity contribution in [1.82, 2.24) is 5.32 Å². The van der Waals surface area contributed by atoms with E-state index in [0.29, 0.717) is 11.6 Å². The number of amides is 2. The van der Waals surface area contributed by atoms with Crippen molar-refractivity contribution in [3.05, 3.63) is 100 Å². The summed E-state index contributed by atoms with van der Waals surface area (Å²) in [6.45, 7) is 2.41. The van der Waals surface area contributed by atoms with E-state index in [0.717, 1.165) is 41.6 Å². The average Bonchev–Trinajstić information content (AvgIpc) is 2.74. The molecule has 0 aliphatic heterocycles. The van der Waals surface area contributed by atoms with Gasteiger partial charge in [0, 0.05) is 23.2 Å². The van der Waals surface area contributed by atoms with Gasteiger partial charge in [-0.3, -0.25) is 0 Å². The van der Waals surface area contributed by atoms with Crippen molar-refractivity contribution in [2.75, 3.05) is 11.9 Å². The zero-order chi connectivity index (χ0) is 22.2. The van der Waals surface area contributed by atoms with Crippen LogP contribution in [0.5, 0.6) is 0 Å². The smallest absolute Gasteiger partial charge is 0.319 e. The zero-order valence-electron chi connectivity index (χ0n) is 17.3. The van der Waals surface area contributed by atoms with Gasteiger partial charge in [0.05, 0.1) is 0 Å². The van der Waals surface area contributed by atoms with Crippen molar-refractivity contribution in [3.63, 3.8) is 0 Å². The Kier molecular flexibility index (Phi) is 8.01. The Hall–Kier alpha value is -2.92. The number of unbranched alkanes of at least 4 members (excludes halogenated alkanes) is 1. The van der Waals surface area contributed by atoms with Crippen LogP contribution in [0.25, 0.3) is 0 Å². The molecule has 0 aromatic heterocycles. The van der Waals surface area contributed by atoms with E-state index in [1.807, 2.05) is 6.92 Å². The fourth-order valence-corrected chi connectivity index (χ4v) is 3.75. The number of carbonyl (C=O) groups is 1. The van der Waals surface area contributed by atoms with Crippen LogP contribution in [0, 0.1) is 18.6 Å². The molecule has 3 aromatic carbocycles. The molecule has 0 bridgehead atoms. The maximum absolute atomic E-state index is 13.3. The molecule has 2 N–H and O–H groups in total. The van der Waals surface area contributed by atoms with Crippen molar-refractivity contribution in [2.45, 2.75) is 32.1 Å². The van der Waals surface area contributed by atoms with Crippen LogP contribution in [0.2, 0.25) is 5.02 Å². The number of rotatable bonds is 8. The highest BCUT2D eigenvalue weighted by Gasteiger charge is 2.14. The first-order valence-electron chi connectivity index (χ1n) is 10.2. The summed E-state index contributed by atoms with van der Waals surface area (Å²) in [5.74, 6) is -0.535. The van der Waals surface area contributed by atoms with Gasteiger partial charge >= 0.3 is 6.03 Å². The van der Waals surface area contributed by atoms with Gasteiger partial charge in [-0.05, 0) is 78.9 Å². The molecular weight excluding hydrogens is 418 g/mol. The summed E-state index contributed by atoms with van der Waals surface area (Å²) < 4.78 is 26.7. The Bertz CT molecular complexity index is 962. The summed E-state index contributed by atoms with van der Waals surface area (Å²) in [4.78, 5) is 12.1. The predicted molar refractivity (Wildman–Crippen MR) is 122 cm³/mol. The molecular formula is C25H25ClF2N2O. The molecule has 0 fully saturated rings. The molecule has 6 heteroatoms. The third-order valence-corrected chi connectivity index (χ3v) is 5.42. The maximum atomic E-state index is 13.3. The van der Waals surface area contributed by atoms with Gasteiger partial charge in [-0.25, -0.2) is 13.6 Å². The zero-order valence-corrected chi connectivity index (χ0v) is 18.1. The van der Waals surface area contributed by atoms with Gasteiger partial charge in [-0.2, -0.15) is 0 Å². The van der Waals surface area contributed by atoms with Crippen LogP contribution in [0.15, 0.2) is 66.7 Å². The Balaban J connectivity index is 1.51. The molecule has 0 saturated carbocycles. The van der Waals surface area contributed by atoms with Gasteiger partial charge < -0.3 is 10.6 Å². The van der Waals surface area contributed by atoms with Crippen LogP contribution in [0.3, 0.4) is 0 Å². The van der Waals surface area contributed by atoms with Crippen molar-refractivity contribution >= 4 is 23.3 Å². The van der Waals surface area contributed by atoms with E-state index in [1.165, 1.54) is 24.3 Å². The van der Waals surface area contributed by atoms with Crippen molar-refractivity contribution in [2.24, 2.45) is 0 Å². The van der Waals surface area contributed by atoms with E-state index < -0.39 is 0 Å². The van der Waals surface area contributed by atoms with Crippen LogP contribution in [0.1, 0.15) is 41.9 Å². The maximum Gasteiger partial charge on any atom is 0.319 e. The molecule has 0 atom stereocenters. The summed E-state index contributed by atoms with van der Waals surface area (Å²) in [7, 11) is 0. The van der Waals surface area contributed by atoms with Crippen molar-refractivity contribution in [1.29, 1.82) is 0 Å². The fraction of sp³-hybridized carbons (Fsp3) is 0.240. The van der Waals surface area contributed by atoms with Crippen LogP contribution in [-0.2, 0) is 0 Å². The lowest BCUT2D eigenvalue weighted by atomic mass is 9.87. The number of hydrogen-bond acceptors (Lipinski definition) is 1. The summed E-state index contributed by atoms with van der Waals surface area (Å²) in [6.07, 6.45) is 2.43. The molecule has 3 nitrogen and oxygen atoms in total. The molecule has 3 aromatic rings. The number of halogens is 3. The average molecular weight is 443 g/mol. The molecule has 0 unspecified atom stereocenters. The largest absolute Gasteiger partial charge is 0.338 e. The summed E-state index contributed by atoms with van der Waals surface area (Å²) >= 11 is 5.94. The number of urea groups is 1. The quantitative estimate of drug-likeness (QED) is 0.360. The number of carbonyl (C=O) groups excluding carboxylic acids is 1. The van der Waals surface area contributed by atoms with Crippen molar-refractivity contribution < 1.29 is 13.6 Å². The first kappa shape index (κ1) is 22.8. The third-order valence-electron chi connectivity index (χ3n) is 5.19. The number of aryl methyl sites for hydroxylation is 1. The minimum absolute atomic E-state index is 0.0340. The fourth-order valence-electron chi connectivity index (χ4n) is 3.53. The number of nitrogens with one attached hydrogen (secondary N) is 2. The molecule has 162 valence electrons. The van der Waals surface area contributed by atoms with E-state index in [9.17, 15) is 13.6 Å². The lowest BCUT2D eigenvalue weighted by Crippen LogP contribution is -2.29. The minimum Gasteiger partial charge on any atom is -0.338 e. The van der Waals surface area contributed by atoms with Gasteiger partial charge in [0.25, 0.3) is 0 Å². The normalized spacial score (nSPS) is 10.9. The van der Waals surface area contributed by atoms with Gasteiger partial charge in [-0.1, -0.05) is 42.3 Å². The molecule has 0 radical (unpaired) electrons. The molecule has 2 amide bonds. The molecule has 0 saturated heterocycles. The topological polar surface area (TPSA) is 41.1 Å². The van der Waals surface area contributed by atoms with Crippen LogP contribution >= 0.6 is 11.6 Å². The van der Waals surface area contributed by atoms with Gasteiger partial charge in [-0.15, -0.1) is 0 Å². The number of hydrogen-bond donors (Lipinski definition) is 2. The van der Waals surface area contributed by atoms with Crippen LogP contribution in [-0.4, -0.2) is 12.6 Å². The first-order valence-corrected chi connectivity index (χ1v) is 10.6. The van der Waals surface area contributed by atoms with Crippen LogP contribution in [0.4, 0.5) is 19.3 Å². The lowest BCUT2D eigenvalue weighted by molar-refractivity contribution is 0.252. The Morgan fingerprint density at radius 2 is 1.48 bits per heavy atom. The second-order valence-corrected chi connectivity index (χ2v) is 7.93. The second kappa shape index (κ2) is 10.9. The van der Waals surface area contributed by atoms with Crippen LogP contribution < -0.4 is 10.6 Å². The monoisotopic (exact) mass is 442 g/mol. The highest BCUT2D eigenvalue weighted by Crippen LogP contribution is 2.30. The standard InChI is InChI=1S/C25H25ClF2N2O/c1-17-16-20(26)9-14-24(17)30-25(31)29-15-3-2-4-23(18-5-10-21(27)11-6-18)19-7-12-22(28)13-8-19/h5-14,16,23H,2-4,15H2,1H3,(H2,29,30,31). The summed E-state index contributed by atoms with van der Waals surface area (Å²) in [5, 5.41) is 6.30. The molecule has 0 spiro atoms. The van der Waals surface area contributed by atoms with Crippen molar-refractivity contribution in [3.8, 4) is 0 Å². The Morgan fingerprint density at radius 3 is 2.03 bits per heavy atom. The van der Waals surface area contributed by atoms with Gasteiger partial charge in [0.15, 0.2) is 0 Å². The summed E-state index contributed by atoms with van der Waals surface area (Å²) in [6, 6.07) is 17.9. The highest BCUT2D eigenvalue weighted by molar-refractivity contribution is 6.30. The number of benzene rings is 3. The molecule has 0 aliphatic carbocycles. The Labute approximate surface area is 186 Å². The lowest BCUT2D eigenvalue weighted by Gasteiger charge is -2.18. The van der Waals surface area contributed by atoms with Gasteiger partial charge in [0.1, 0.15) is 11.6 Å². The van der Waals surface area contributed by atoms with E-state index in [2.05, 4.69) is 10.6 Å².